The molecule has 1 saturated heterocycles. The van der Waals surface area contributed by atoms with Crippen molar-refractivity contribution in [1.29, 1.82) is 0 Å². The van der Waals surface area contributed by atoms with Gasteiger partial charge in [-0.15, -0.1) is 12.4 Å². The lowest BCUT2D eigenvalue weighted by molar-refractivity contribution is -0.122. The summed E-state index contributed by atoms with van der Waals surface area (Å²) in [6, 6.07) is 7.44. The number of piperidine rings is 1. The molecule has 0 spiro atoms. The van der Waals surface area contributed by atoms with Crippen LogP contribution >= 0.6 is 12.4 Å². The number of amides is 2. The molecule has 5 nitrogen and oxygen atoms in total. The monoisotopic (exact) mass is 339 g/mol. The third-order valence-corrected chi connectivity index (χ3v) is 3.98. The predicted octanol–water partition coefficient (Wildman–Crippen LogP) is 1.65. The van der Waals surface area contributed by atoms with Gasteiger partial charge in [0.1, 0.15) is 0 Å². The molecule has 1 aliphatic rings. The highest BCUT2D eigenvalue weighted by Gasteiger charge is 2.16. The highest BCUT2D eigenvalue weighted by molar-refractivity contribution is 5.94. The molecule has 2 rings (SSSR count). The van der Waals surface area contributed by atoms with Crippen molar-refractivity contribution in [3.63, 3.8) is 0 Å². The molecule has 6 heteroatoms. The van der Waals surface area contributed by atoms with Crippen LogP contribution in [0.15, 0.2) is 24.3 Å². The van der Waals surface area contributed by atoms with Crippen LogP contribution in [0.25, 0.3) is 0 Å². The molecule has 0 saturated carbocycles. The van der Waals surface area contributed by atoms with Gasteiger partial charge in [-0.1, -0.05) is 17.7 Å². The number of halogens is 1. The first-order chi connectivity index (χ1) is 10.6. The average Bonchev–Trinajstić information content (AvgIpc) is 2.53. The summed E-state index contributed by atoms with van der Waals surface area (Å²) in [6.07, 6.45) is 2.72. The molecule has 0 aliphatic carbocycles. The second-order valence-electron chi connectivity index (χ2n) is 5.87. The minimum Gasteiger partial charge on any atom is -0.354 e. The summed E-state index contributed by atoms with van der Waals surface area (Å²) in [4.78, 5) is 23.7. The largest absolute Gasteiger partial charge is 0.354 e. The van der Waals surface area contributed by atoms with Crippen LogP contribution in [0.5, 0.6) is 0 Å². The minimum absolute atomic E-state index is 0. The molecule has 0 atom stereocenters. The fourth-order valence-corrected chi connectivity index (χ4v) is 2.61. The van der Waals surface area contributed by atoms with E-state index in [4.69, 9.17) is 0 Å². The summed E-state index contributed by atoms with van der Waals surface area (Å²) in [5.74, 6) is 0.465. The quantitative estimate of drug-likeness (QED) is 0.690. The molecule has 1 heterocycles. The maximum absolute atomic E-state index is 11.9. The third kappa shape index (κ3) is 7.01. The minimum atomic E-state index is -0.104. The van der Waals surface area contributed by atoms with Gasteiger partial charge in [0, 0.05) is 25.1 Å². The lowest BCUT2D eigenvalue weighted by Gasteiger charge is -2.21. The fourth-order valence-electron chi connectivity index (χ4n) is 2.61. The number of aryl methyl sites for hydroxylation is 1. The molecule has 23 heavy (non-hydrogen) atoms. The zero-order valence-corrected chi connectivity index (χ0v) is 14.4. The molecule has 0 aromatic heterocycles. The summed E-state index contributed by atoms with van der Waals surface area (Å²) >= 11 is 0. The van der Waals surface area contributed by atoms with E-state index in [1.165, 1.54) is 0 Å². The Morgan fingerprint density at radius 1 is 1.09 bits per heavy atom. The number of benzene rings is 1. The molecule has 128 valence electrons. The lowest BCUT2D eigenvalue weighted by atomic mass is 9.94. The molecule has 1 fully saturated rings. The van der Waals surface area contributed by atoms with Crippen LogP contribution in [0.1, 0.15) is 35.2 Å². The van der Waals surface area contributed by atoms with Crippen molar-refractivity contribution in [3.05, 3.63) is 35.4 Å². The molecule has 0 radical (unpaired) electrons. The van der Waals surface area contributed by atoms with E-state index in [0.29, 0.717) is 31.0 Å². The van der Waals surface area contributed by atoms with E-state index in [9.17, 15) is 9.59 Å². The Hall–Kier alpha value is -1.59. The second kappa shape index (κ2) is 10.2. The van der Waals surface area contributed by atoms with Crippen LogP contribution in [0.3, 0.4) is 0 Å². The molecule has 0 unspecified atom stereocenters. The van der Waals surface area contributed by atoms with Gasteiger partial charge in [-0.05, 0) is 50.9 Å². The van der Waals surface area contributed by atoms with Crippen molar-refractivity contribution in [2.24, 2.45) is 5.92 Å². The Kier molecular flexibility index (Phi) is 8.66. The zero-order chi connectivity index (χ0) is 15.8. The highest BCUT2D eigenvalue weighted by atomic mass is 35.5. The molecule has 0 bridgehead atoms. The van der Waals surface area contributed by atoms with Gasteiger partial charge >= 0.3 is 0 Å². The van der Waals surface area contributed by atoms with E-state index >= 15 is 0 Å². The standard InChI is InChI=1S/C17H25N3O2.ClH/c1-13-2-4-15(5-3-13)17(22)20-11-10-19-16(21)12-14-6-8-18-9-7-14;/h2-5,14,18H,6-12H2,1H3,(H,19,21)(H,20,22);1H. The van der Waals surface area contributed by atoms with Gasteiger partial charge in [0.05, 0.1) is 0 Å². The number of carbonyl (C=O) groups excluding carboxylic acids is 2. The first kappa shape index (κ1) is 19.5. The Balaban J connectivity index is 0.00000264. The fraction of sp³-hybridized carbons (Fsp3) is 0.529. The number of nitrogens with one attached hydrogen (secondary N) is 3. The van der Waals surface area contributed by atoms with Gasteiger partial charge in [-0.25, -0.2) is 0 Å². The lowest BCUT2D eigenvalue weighted by Crippen LogP contribution is -2.36. The summed E-state index contributed by atoms with van der Waals surface area (Å²) in [7, 11) is 0. The van der Waals surface area contributed by atoms with Crippen LogP contribution < -0.4 is 16.0 Å². The normalized spacial score (nSPS) is 14.7. The Labute approximate surface area is 144 Å². The third-order valence-electron chi connectivity index (χ3n) is 3.98. The van der Waals surface area contributed by atoms with Crippen LogP contribution in [-0.4, -0.2) is 38.0 Å². The molecule has 1 aromatic carbocycles. The molecule has 1 aromatic rings. The molecular weight excluding hydrogens is 314 g/mol. The molecule has 1 aliphatic heterocycles. The van der Waals surface area contributed by atoms with Crippen LogP contribution in [-0.2, 0) is 4.79 Å². The summed E-state index contributed by atoms with van der Waals surface area (Å²) in [5.41, 5.74) is 1.77. The van der Waals surface area contributed by atoms with Crippen molar-refractivity contribution in [3.8, 4) is 0 Å². The van der Waals surface area contributed by atoms with Gasteiger partial charge in [-0.2, -0.15) is 0 Å². The summed E-state index contributed by atoms with van der Waals surface area (Å²) in [6.45, 7) is 4.92. The number of hydrogen-bond donors (Lipinski definition) is 3. The van der Waals surface area contributed by atoms with Crippen LogP contribution in [0.4, 0.5) is 0 Å². The molecular formula is C17H26ClN3O2. The van der Waals surface area contributed by atoms with E-state index in [2.05, 4.69) is 16.0 Å². The number of hydrogen-bond acceptors (Lipinski definition) is 3. The van der Waals surface area contributed by atoms with Gasteiger partial charge < -0.3 is 16.0 Å². The maximum Gasteiger partial charge on any atom is 0.251 e. The zero-order valence-electron chi connectivity index (χ0n) is 13.6. The van der Waals surface area contributed by atoms with Crippen molar-refractivity contribution in [2.75, 3.05) is 26.2 Å². The number of rotatable bonds is 6. The van der Waals surface area contributed by atoms with E-state index in [-0.39, 0.29) is 24.2 Å². The summed E-state index contributed by atoms with van der Waals surface area (Å²) < 4.78 is 0. The average molecular weight is 340 g/mol. The van der Waals surface area contributed by atoms with Gasteiger partial charge in [0.15, 0.2) is 0 Å². The van der Waals surface area contributed by atoms with Crippen LogP contribution in [0, 0.1) is 12.8 Å². The Morgan fingerprint density at radius 2 is 1.70 bits per heavy atom. The van der Waals surface area contributed by atoms with Crippen molar-refractivity contribution >= 4 is 24.2 Å². The van der Waals surface area contributed by atoms with E-state index in [1.54, 1.807) is 12.1 Å². The smallest absolute Gasteiger partial charge is 0.251 e. The van der Waals surface area contributed by atoms with E-state index in [0.717, 1.165) is 31.5 Å². The first-order valence-corrected chi connectivity index (χ1v) is 7.97. The predicted molar refractivity (Wildman–Crippen MR) is 94.0 cm³/mol. The highest BCUT2D eigenvalue weighted by Crippen LogP contribution is 2.15. The first-order valence-electron chi connectivity index (χ1n) is 7.97. The molecule has 3 N–H and O–H groups in total. The SMILES string of the molecule is Cc1ccc(C(=O)NCCNC(=O)CC2CCNCC2)cc1.Cl. The van der Waals surface area contributed by atoms with Crippen molar-refractivity contribution in [1.82, 2.24) is 16.0 Å². The van der Waals surface area contributed by atoms with Crippen LogP contribution in [0.2, 0.25) is 0 Å². The van der Waals surface area contributed by atoms with E-state index in [1.807, 2.05) is 19.1 Å². The van der Waals surface area contributed by atoms with Crippen molar-refractivity contribution < 1.29 is 9.59 Å². The van der Waals surface area contributed by atoms with Gasteiger partial charge in [0.2, 0.25) is 5.91 Å². The Morgan fingerprint density at radius 3 is 2.35 bits per heavy atom. The molecule has 2 amide bonds. The summed E-state index contributed by atoms with van der Waals surface area (Å²) in [5, 5.41) is 8.98. The maximum atomic E-state index is 11.9. The van der Waals surface area contributed by atoms with Crippen molar-refractivity contribution in [2.45, 2.75) is 26.2 Å². The topological polar surface area (TPSA) is 70.2 Å². The number of carbonyl (C=O) groups is 2. The van der Waals surface area contributed by atoms with Gasteiger partial charge in [-0.3, -0.25) is 9.59 Å². The van der Waals surface area contributed by atoms with E-state index < -0.39 is 0 Å². The Bertz CT molecular complexity index is 499. The second-order valence-corrected chi connectivity index (χ2v) is 5.87. The van der Waals surface area contributed by atoms with Gasteiger partial charge in [0.25, 0.3) is 5.91 Å².